The lowest BCUT2D eigenvalue weighted by Gasteiger charge is -2.09. The van der Waals surface area contributed by atoms with Crippen molar-refractivity contribution in [3.8, 4) is 5.75 Å². The fraction of sp³-hybridized carbons (Fsp3) is 0.0714. The van der Waals surface area contributed by atoms with Crippen LogP contribution in [-0.4, -0.2) is 12.5 Å². The molecule has 1 amide bonds. The van der Waals surface area contributed by atoms with E-state index in [4.69, 9.17) is 4.74 Å². The minimum atomic E-state index is -0.349. The molecule has 2 aromatic rings. The van der Waals surface area contributed by atoms with Gasteiger partial charge in [-0.2, -0.15) is 0 Å². The lowest BCUT2D eigenvalue weighted by molar-refractivity contribution is -0.118. The third kappa shape index (κ3) is 4.31. The van der Waals surface area contributed by atoms with E-state index in [1.807, 2.05) is 12.1 Å². The van der Waals surface area contributed by atoms with Gasteiger partial charge in [0, 0.05) is 10.2 Å². The van der Waals surface area contributed by atoms with E-state index in [0.29, 0.717) is 11.4 Å². The predicted molar refractivity (Wildman–Crippen MR) is 82.4 cm³/mol. The molecule has 104 valence electrons. The Bertz CT molecular complexity index is 617. The Hall–Kier alpha value is -1.40. The quantitative estimate of drug-likeness (QED) is 0.824. The molecule has 2 rings (SSSR count). The van der Waals surface area contributed by atoms with Crippen molar-refractivity contribution >= 4 is 43.5 Å². The highest BCUT2D eigenvalue weighted by Crippen LogP contribution is 2.28. The average molecular weight is 403 g/mol. The number of anilines is 1. The van der Waals surface area contributed by atoms with Crippen molar-refractivity contribution in [3.63, 3.8) is 0 Å². The fourth-order valence-corrected chi connectivity index (χ4v) is 2.63. The lowest BCUT2D eigenvalue weighted by Crippen LogP contribution is -2.20. The fourth-order valence-electron chi connectivity index (χ4n) is 1.47. The molecule has 0 atom stereocenters. The molecule has 3 nitrogen and oxygen atoms in total. The van der Waals surface area contributed by atoms with E-state index in [2.05, 4.69) is 37.2 Å². The van der Waals surface area contributed by atoms with E-state index in [1.165, 1.54) is 24.3 Å². The second kappa shape index (κ2) is 6.85. The monoisotopic (exact) mass is 401 g/mol. The Morgan fingerprint density at radius 2 is 1.85 bits per heavy atom. The Labute approximate surface area is 132 Å². The van der Waals surface area contributed by atoms with Gasteiger partial charge in [0.2, 0.25) is 0 Å². The zero-order valence-electron chi connectivity index (χ0n) is 10.2. The summed E-state index contributed by atoms with van der Waals surface area (Å²) in [5, 5.41) is 2.62. The number of benzene rings is 2. The van der Waals surface area contributed by atoms with Crippen molar-refractivity contribution < 1.29 is 13.9 Å². The molecule has 0 saturated carbocycles. The number of rotatable bonds is 4. The maximum absolute atomic E-state index is 12.7. The number of carbonyl (C=O) groups is 1. The molecule has 0 radical (unpaired) electrons. The number of halogens is 3. The standard InChI is InChI=1S/C14H10Br2FNO2/c15-9-1-6-13(12(16)7-9)20-8-14(19)18-11-4-2-10(17)3-5-11/h1-7H,8H2,(H,18,19). The van der Waals surface area contributed by atoms with Crippen LogP contribution in [0.1, 0.15) is 0 Å². The minimum Gasteiger partial charge on any atom is -0.483 e. The summed E-state index contributed by atoms with van der Waals surface area (Å²) < 4.78 is 19.8. The Balaban J connectivity index is 1.90. The van der Waals surface area contributed by atoms with Gasteiger partial charge in [-0.3, -0.25) is 4.79 Å². The summed E-state index contributed by atoms with van der Waals surface area (Å²) >= 11 is 6.67. The number of hydrogen-bond donors (Lipinski definition) is 1. The first-order valence-electron chi connectivity index (χ1n) is 5.68. The first-order valence-corrected chi connectivity index (χ1v) is 7.26. The van der Waals surface area contributed by atoms with Gasteiger partial charge in [-0.1, -0.05) is 15.9 Å². The number of carbonyl (C=O) groups excluding carboxylic acids is 1. The molecule has 0 aliphatic rings. The van der Waals surface area contributed by atoms with Crippen LogP contribution in [0.3, 0.4) is 0 Å². The van der Waals surface area contributed by atoms with Crippen LogP contribution < -0.4 is 10.1 Å². The molecule has 0 unspecified atom stereocenters. The van der Waals surface area contributed by atoms with Crippen LogP contribution in [0.25, 0.3) is 0 Å². The van der Waals surface area contributed by atoms with Crippen LogP contribution in [-0.2, 0) is 4.79 Å². The molecule has 1 N–H and O–H groups in total. The second-order valence-electron chi connectivity index (χ2n) is 3.92. The summed E-state index contributed by atoms with van der Waals surface area (Å²) in [5.74, 6) is -0.0908. The van der Waals surface area contributed by atoms with Crippen molar-refractivity contribution in [1.82, 2.24) is 0 Å². The Morgan fingerprint density at radius 1 is 1.15 bits per heavy atom. The lowest BCUT2D eigenvalue weighted by atomic mass is 10.3. The summed E-state index contributed by atoms with van der Waals surface area (Å²) in [7, 11) is 0. The zero-order chi connectivity index (χ0) is 14.5. The number of amides is 1. The van der Waals surface area contributed by atoms with Crippen LogP contribution in [0.4, 0.5) is 10.1 Å². The first kappa shape index (κ1) is 15.0. The smallest absolute Gasteiger partial charge is 0.262 e. The van der Waals surface area contributed by atoms with Crippen molar-refractivity contribution in [3.05, 3.63) is 57.2 Å². The molecule has 20 heavy (non-hydrogen) atoms. The summed E-state index contributed by atoms with van der Waals surface area (Å²) in [6, 6.07) is 10.9. The van der Waals surface area contributed by atoms with E-state index in [-0.39, 0.29) is 18.3 Å². The van der Waals surface area contributed by atoms with Gasteiger partial charge in [0.15, 0.2) is 6.61 Å². The van der Waals surface area contributed by atoms with Crippen LogP contribution in [0.2, 0.25) is 0 Å². The molecule has 2 aromatic carbocycles. The Morgan fingerprint density at radius 3 is 2.50 bits per heavy atom. The SMILES string of the molecule is O=C(COc1ccc(Br)cc1Br)Nc1ccc(F)cc1. The molecule has 0 heterocycles. The van der Waals surface area contributed by atoms with E-state index in [1.54, 1.807) is 6.07 Å². The first-order chi connectivity index (χ1) is 9.54. The van der Waals surface area contributed by atoms with Gasteiger partial charge in [0.25, 0.3) is 5.91 Å². The van der Waals surface area contributed by atoms with E-state index < -0.39 is 0 Å². The van der Waals surface area contributed by atoms with Crippen LogP contribution in [0, 0.1) is 5.82 Å². The van der Waals surface area contributed by atoms with Gasteiger partial charge < -0.3 is 10.1 Å². The molecule has 6 heteroatoms. The van der Waals surface area contributed by atoms with Gasteiger partial charge in [-0.05, 0) is 58.4 Å². The van der Waals surface area contributed by atoms with Gasteiger partial charge >= 0.3 is 0 Å². The highest BCUT2D eigenvalue weighted by Gasteiger charge is 2.06. The highest BCUT2D eigenvalue weighted by molar-refractivity contribution is 9.11. The number of nitrogens with one attached hydrogen (secondary N) is 1. The maximum atomic E-state index is 12.7. The predicted octanol–water partition coefficient (Wildman–Crippen LogP) is 4.37. The van der Waals surface area contributed by atoms with Gasteiger partial charge in [-0.15, -0.1) is 0 Å². The van der Waals surface area contributed by atoms with Crippen molar-refractivity contribution in [2.45, 2.75) is 0 Å². The summed E-state index contributed by atoms with van der Waals surface area (Å²) in [5.41, 5.74) is 0.523. The third-order valence-electron chi connectivity index (χ3n) is 2.38. The molecule has 0 aliphatic heterocycles. The van der Waals surface area contributed by atoms with E-state index in [9.17, 15) is 9.18 Å². The molecule has 0 bridgehead atoms. The van der Waals surface area contributed by atoms with Crippen molar-refractivity contribution in [2.75, 3.05) is 11.9 Å². The zero-order valence-corrected chi connectivity index (χ0v) is 13.4. The second-order valence-corrected chi connectivity index (χ2v) is 5.69. The van der Waals surface area contributed by atoms with E-state index >= 15 is 0 Å². The molecule has 0 aromatic heterocycles. The van der Waals surface area contributed by atoms with Gasteiger partial charge in [0.05, 0.1) is 4.47 Å². The van der Waals surface area contributed by atoms with Crippen molar-refractivity contribution in [1.29, 1.82) is 0 Å². The summed E-state index contributed by atoms with van der Waals surface area (Å²) in [6.45, 7) is -0.127. The van der Waals surface area contributed by atoms with Gasteiger partial charge in [0.1, 0.15) is 11.6 Å². The topological polar surface area (TPSA) is 38.3 Å². The van der Waals surface area contributed by atoms with Crippen molar-refractivity contribution in [2.24, 2.45) is 0 Å². The number of ether oxygens (including phenoxy) is 1. The maximum Gasteiger partial charge on any atom is 0.262 e. The van der Waals surface area contributed by atoms with Crippen LogP contribution >= 0.6 is 31.9 Å². The van der Waals surface area contributed by atoms with Crippen LogP contribution in [0.15, 0.2) is 51.4 Å². The Kier molecular flexibility index (Phi) is 5.14. The van der Waals surface area contributed by atoms with Gasteiger partial charge in [-0.25, -0.2) is 4.39 Å². The molecular formula is C14H10Br2FNO2. The average Bonchev–Trinajstić information content (AvgIpc) is 2.40. The summed E-state index contributed by atoms with van der Waals surface area (Å²) in [4.78, 5) is 11.7. The molecule has 0 saturated heterocycles. The molecular weight excluding hydrogens is 393 g/mol. The largest absolute Gasteiger partial charge is 0.483 e. The molecule has 0 aliphatic carbocycles. The summed E-state index contributed by atoms with van der Waals surface area (Å²) in [6.07, 6.45) is 0. The highest BCUT2D eigenvalue weighted by atomic mass is 79.9. The van der Waals surface area contributed by atoms with Crippen LogP contribution in [0.5, 0.6) is 5.75 Å². The van der Waals surface area contributed by atoms with E-state index in [0.717, 1.165) is 8.95 Å². The molecule has 0 spiro atoms. The minimum absolute atomic E-state index is 0.127. The third-order valence-corrected chi connectivity index (χ3v) is 3.49. The number of hydrogen-bond acceptors (Lipinski definition) is 2. The normalized spacial score (nSPS) is 10.2. The molecule has 0 fully saturated rings.